The maximum absolute atomic E-state index is 0. The Morgan fingerprint density at radius 1 is 0.750 bits per heavy atom. The van der Waals surface area contributed by atoms with Gasteiger partial charge in [-0.05, 0) is 0 Å². The van der Waals surface area contributed by atoms with Gasteiger partial charge in [0.15, 0.2) is 0 Å². The topological polar surface area (TPSA) is 0 Å². The normalized spacial score (nSPS) is 0. The van der Waals surface area contributed by atoms with Crippen molar-refractivity contribution >= 4 is 102 Å². The number of rotatable bonds is 0. The van der Waals surface area contributed by atoms with E-state index < -0.39 is 0 Å². The molecule has 0 atom stereocenters. The standard InChI is InChI=1S/2Bi.In.Sn.11H. The Hall–Kier alpha value is 3.44. The van der Waals surface area contributed by atoms with E-state index in [1.807, 2.05) is 0 Å². The van der Waals surface area contributed by atoms with Gasteiger partial charge in [-0.3, -0.25) is 0 Å². The summed E-state index contributed by atoms with van der Waals surface area (Å²) in [6.45, 7) is 0. The van der Waals surface area contributed by atoms with Crippen LogP contribution >= 0.6 is 0 Å². The van der Waals surface area contributed by atoms with Gasteiger partial charge in [0, 0.05) is 0 Å². The van der Waals surface area contributed by atoms with E-state index in [0.29, 0.717) is 0 Å². The van der Waals surface area contributed by atoms with Gasteiger partial charge in [0.1, 0.15) is 0 Å². The Kier molecular flexibility index (Phi) is 105. The Balaban J connectivity index is 0. The summed E-state index contributed by atoms with van der Waals surface area (Å²) < 4.78 is 0. The molecule has 0 rings (SSSR count). The van der Waals surface area contributed by atoms with Gasteiger partial charge in [-0.15, -0.1) is 0 Å². The third kappa shape index (κ3) is 9.06. The molecule has 0 aromatic heterocycles. The molecule has 0 saturated heterocycles. The van der Waals surface area contributed by atoms with E-state index in [1.165, 1.54) is 0 Å². The monoisotopic (exact) mass is 664 g/mol. The molecule has 2 radical (unpaired) electrons. The fourth-order valence-corrected chi connectivity index (χ4v) is 0. The van der Waals surface area contributed by atoms with E-state index in [2.05, 4.69) is 0 Å². The molecule has 0 saturated carbocycles. The number of hydrogen-bond acceptors (Lipinski definition) is 0. The summed E-state index contributed by atoms with van der Waals surface area (Å²) in [5.74, 6) is 0. The number of hydrogen-bond donors (Lipinski definition) is 0. The van der Waals surface area contributed by atoms with E-state index >= 15 is 0 Å². The molecule has 0 aromatic rings. The second kappa shape index (κ2) is 16.1. The second-order valence-corrected chi connectivity index (χ2v) is 0. The zero-order valence-electron chi connectivity index (χ0n) is 2.12. The van der Waals surface area contributed by atoms with Crippen LogP contribution < -0.4 is 0 Å². The first-order valence-electron chi connectivity index (χ1n) is 0. The van der Waals surface area contributed by atoms with Crippen LogP contribution in [-0.2, 0) is 0 Å². The first-order valence-corrected chi connectivity index (χ1v) is 0. The Bertz CT molecular complexity index is 6.00. The Morgan fingerprint density at radius 3 is 0.750 bits per heavy atom. The van der Waals surface area contributed by atoms with Gasteiger partial charge in [-0.1, -0.05) is 0 Å². The first kappa shape index (κ1) is 26.1. The van der Waals surface area contributed by atoms with E-state index in [-0.39, 0.29) is 102 Å². The fourth-order valence-electron chi connectivity index (χ4n) is 0. The quantitative estimate of drug-likeness (QED) is 0.230. The van der Waals surface area contributed by atoms with Crippen LogP contribution in [0.3, 0.4) is 0 Å². The zero-order chi connectivity index (χ0) is 0. The van der Waals surface area contributed by atoms with E-state index in [1.54, 1.807) is 0 Å². The fraction of sp³-hybridized carbons (Fsp3) is 0. The molecular formula is H11Bi2InSn. The minimum atomic E-state index is 0. The van der Waals surface area contributed by atoms with Crippen LogP contribution in [0, 0.1) is 0 Å². The Morgan fingerprint density at radius 2 is 0.750 bits per heavy atom. The molecule has 0 aliphatic carbocycles. The molecule has 0 nitrogen and oxygen atoms in total. The van der Waals surface area contributed by atoms with Crippen molar-refractivity contribution in [1.82, 2.24) is 0 Å². The van der Waals surface area contributed by atoms with Crippen molar-refractivity contribution in [2.75, 3.05) is 0 Å². The van der Waals surface area contributed by atoms with Gasteiger partial charge < -0.3 is 0 Å². The van der Waals surface area contributed by atoms with Gasteiger partial charge in [-0.2, -0.15) is 0 Å². The molecule has 4 heavy (non-hydrogen) atoms. The maximum atomic E-state index is 0. The average Bonchev–Trinajstić information content (AvgIpc) is 0. The van der Waals surface area contributed by atoms with Crippen molar-refractivity contribution in [1.29, 1.82) is 0 Å². The molecule has 0 aliphatic rings. The third-order valence-electron chi connectivity index (χ3n) is 0. The summed E-state index contributed by atoms with van der Waals surface area (Å²) in [4.78, 5) is 0. The predicted octanol–water partition coefficient (Wildman–Crippen LogP) is -4.47. The van der Waals surface area contributed by atoms with Crippen molar-refractivity contribution < 1.29 is 0 Å². The van der Waals surface area contributed by atoms with Crippen LogP contribution in [0.25, 0.3) is 0 Å². The molecular weight excluding hydrogens is 651 g/mol. The van der Waals surface area contributed by atoms with E-state index in [0.717, 1.165) is 0 Å². The van der Waals surface area contributed by atoms with Crippen molar-refractivity contribution in [2.24, 2.45) is 0 Å². The van der Waals surface area contributed by atoms with Crippen molar-refractivity contribution in [3.8, 4) is 0 Å². The predicted molar refractivity (Wildman–Crippen MR) is 38.4 cm³/mol. The van der Waals surface area contributed by atoms with Gasteiger partial charge in [0.25, 0.3) is 0 Å². The first-order chi connectivity index (χ1) is 0. The van der Waals surface area contributed by atoms with Crippen LogP contribution in [0.15, 0.2) is 0 Å². The zero-order valence-corrected chi connectivity index (χ0v) is 17.2. The van der Waals surface area contributed by atoms with Crippen LogP contribution in [-0.4, -0.2) is 102 Å². The molecule has 28 valence electrons. The van der Waals surface area contributed by atoms with Gasteiger partial charge in [-0.25, -0.2) is 0 Å². The van der Waals surface area contributed by atoms with Crippen LogP contribution in [0.2, 0.25) is 0 Å². The van der Waals surface area contributed by atoms with Crippen molar-refractivity contribution in [3.63, 3.8) is 0 Å². The second-order valence-electron chi connectivity index (χ2n) is 0. The van der Waals surface area contributed by atoms with E-state index in [4.69, 9.17) is 0 Å². The van der Waals surface area contributed by atoms with Crippen LogP contribution in [0.1, 0.15) is 0 Å². The molecule has 0 fully saturated rings. The SMILES string of the molecule is [BiH3].[BiH3].[InH3].[SnH2]. The molecule has 0 aromatic carbocycles. The molecule has 0 bridgehead atoms. The third-order valence-corrected chi connectivity index (χ3v) is 0. The molecule has 0 spiro atoms. The summed E-state index contributed by atoms with van der Waals surface area (Å²) in [5, 5.41) is 0. The average molecular weight is 663 g/mol. The van der Waals surface area contributed by atoms with Gasteiger partial charge in [0.2, 0.25) is 0 Å². The summed E-state index contributed by atoms with van der Waals surface area (Å²) in [7, 11) is 0. The molecule has 0 heterocycles. The van der Waals surface area contributed by atoms with Gasteiger partial charge >= 0.3 is 102 Å². The van der Waals surface area contributed by atoms with Crippen LogP contribution in [0.5, 0.6) is 0 Å². The van der Waals surface area contributed by atoms with E-state index in [9.17, 15) is 0 Å². The molecule has 0 amide bonds. The molecule has 0 N–H and O–H groups in total. The molecule has 4 heteroatoms. The van der Waals surface area contributed by atoms with Crippen molar-refractivity contribution in [2.45, 2.75) is 0 Å². The Labute approximate surface area is 99.9 Å². The van der Waals surface area contributed by atoms with Crippen LogP contribution in [0.4, 0.5) is 0 Å². The molecule has 0 aliphatic heterocycles. The molecule has 0 unspecified atom stereocenters. The summed E-state index contributed by atoms with van der Waals surface area (Å²) >= 11 is 0. The summed E-state index contributed by atoms with van der Waals surface area (Å²) in [5.41, 5.74) is 0. The summed E-state index contributed by atoms with van der Waals surface area (Å²) in [6.07, 6.45) is 0. The van der Waals surface area contributed by atoms with Gasteiger partial charge in [0.05, 0.1) is 0 Å². The van der Waals surface area contributed by atoms with Crippen molar-refractivity contribution in [3.05, 3.63) is 0 Å². The minimum absolute atomic E-state index is 0. The summed E-state index contributed by atoms with van der Waals surface area (Å²) in [6, 6.07) is 0.